The van der Waals surface area contributed by atoms with E-state index in [1.807, 2.05) is 0 Å². The van der Waals surface area contributed by atoms with Gasteiger partial charge in [-0.1, -0.05) is 6.07 Å². The summed E-state index contributed by atoms with van der Waals surface area (Å²) in [4.78, 5) is 23.8. The zero-order valence-electron chi connectivity index (χ0n) is 12.2. The zero-order chi connectivity index (χ0) is 16.2. The maximum absolute atomic E-state index is 12.1. The maximum Gasteiger partial charge on any atom is 0.338 e. The molecule has 1 fully saturated rings. The van der Waals surface area contributed by atoms with E-state index in [1.54, 1.807) is 0 Å². The van der Waals surface area contributed by atoms with E-state index in [2.05, 4.69) is 10.0 Å². The van der Waals surface area contributed by atoms with Crippen LogP contribution in [0.3, 0.4) is 0 Å². The third-order valence-corrected chi connectivity index (χ3v) is 4.79. The first kappa shape index (κ1) is 16.4. The van der Waals surface area contributed by atoms with Crippen LogP contribution in [0, 0.1) is 0 Å². The van der Waals surface area contributed by atoms with E-state index in [1.165, 1.54) is 31.3 Å². The van der Waals surface area contributed by atoms with Crippen molar-refractivity contribution >= 4 is 21.9 Å². The molecule has 1 aromatic carbocycles. The quantitative estimate of drug-likeness (QED) is 0.781. The number of hydrogen-bond acceptors (Lipinski definition) is 5. The van der Waals surface area contributed by atoms with Gasteiger partial charge in [-0.2, -0.15) is 0 Å². The zero-order valence-corrected chi connectivity index (χ0v) is 13.0. The van der Waals surface area contributed by atoms with E-state index in [0.717, 1.165) is 12.8 Å². The van der Waals surface area contributed by atoms with E-state index in [-0.39, 0.29) is 16.4 Å². The van der Waals surface area contributed by atoms with Crippen LogP contribution >= 0.6 is 0 Å². The van der Waals surface area contributed by atoms with Gasteiger partial charge in [0, 0.05) is 6.54 Å². The highest BCUT2D eigenvalue weighted by atomic mass is 32.2. The molecular formula is C14H18N2O5S. The molecule has 120 valence electrons. The number of sulfonamides is 1. The number of rotatable bonds is 4. The number of carbonyl (C=O) groups excluding carboxylic acids is 2. The van der Waals surface area contributed by atoms with Crippen molar-refractivity contribution in [2.75, 3.05) is 13.6 Å². The molecule has 0 spiro atoms. The highest BCUT2D eigenvalue weighted by Gasteiger charge is 2.25. The van der Waals surface area contributed by atoms with E-state index < -0.39 is 22.1 Å². The van der Waals surface area contributed by atoms with Gasteiger partial charge in [-0.25, -0.2) is 17.9 Å². The van der Waals surface area contributed by atoms with Crippen molar-refractivity contribution in [1.29, 1.82) is 0 Å². The Balaban J connectivity index is 2.16. The lowest BCUT2D eigenvalue weighted by Gasteiger charge is -2.14. The fourth-order valence-corrected chi connectivity index (χ4v) is 2.90. The summed E-state index contributed by atoms with van der Waals surface area (Å²) in [5.74, 6) is -1.03. The minimum Gasteiger partial charge on any atom is -0.449 e. The van der Waals surface area contributed by atoms with E-state index in [0.29, 0.717) is 13.0 Å². The Labute approximate surface area is 129 Å². The molecule has 0 aromatic heterocycles. The fraction of sp³-hybridized carbons (Fsp3) is 0.429. The summed E-state index contributed by atoms with van der Waals surface area (Å²) in [7, 11) is -2.35. The average molecular weight is 326 g/mol. The third kappa shape index (κ3) is 3.83. The third-order valence-electron chi connectivity index (χ3n) is 3.38. The van der Waals surface area contributed by atoms with E-state index in [9.17, 15) is 18.0 Å². The van der Waals surface area contributed by atoms with Crippen LogP contribution in [0.2, 0.25) is 0 Å². The van der Waals surface area contributed by atoms with Gasteiger partial charge in [0.2, 0.25) is 10.0 Å². The molecule has 7 nitrogen and oxygen atoms in total. The first-order valence-electron chi connectivity index (χ1n) is 6.96. The number of benzene rings is 1. The SMILES string of the molecule is CNS(=O)(=O)c1cccc(C(=O)OC2CCCCNC2=O)c1. The lowest BCUT2D eigenvalue weighted by molar-refractivity contribution is -0.129. The maximum atomic E-state index is 12.1. The average Bonchev–Trinajstić information content (AvgIpc) is 2.72. The summed E-state index contributed by atoms with van der Waals surface area (Å²) in [6.45, 7) is 0.572. The van der Waals surface area contributed by atoms with Gasteiger partial charge in [-0.3, -0.25) is 4.79 Å². The van der Waals surface area contributed by atoms with Crippen molar-refractivity contribution in [3.8, 4) is 0 Å². The Kier molecular flexibility index (Phi) is 5.15. The molecule has 1 heterocycles. The summed E-state index contributed by atoms with van der Waals surface area (Å²) in [5.41, 5.74) is 0.0911. The summed E-state index contributed by atoms with van der Waals surface area (Å²) >= 11 is 0. The molecule has 0 aliphatic carbocycles. The number of carbonyl (C=O) groups is 2. The first-order chi connectivity index (χ1) is 10.4. The van der Waals surface area contributed by atoms with E-state index in [4.69, 9.17) is 4.74 Å². The Morgan fingerprint density at radius 1 is 1.36 bits per heavy atom. The van der Waals surface area contributed by atoms with Crippen LogP contribution in [0.5, 0.6) is 0 Å². The van der Waals surface area contributed by atoms with Crippen LogP contribution in [0.1, 0.15) is 29.6 Å². The summed E-state index contributed by atoms with van der Waals surface area (Å²) < 4.78 is 30.9. The second kappa shape index (κ2) is 6.89. The second-order valence-corrected chi connectivity index (χ2v) is 6.80. The first-order valence-corrected chi connectivity index (χ1v) is 8.44. The van der Waals surface area contributed by atoms with Crippen molar-refractivity contribution in [3.63, 3.8) is 0 Å². The lowest BCUT2D eigenvalue weighted by atomic mass is 10.1. The Morgan fingerprint density at radius 2 is 2.14 bits per heavy atom. The van der Waals surface area contributed by atoms with E-state index >= 15 is 0 Å². The predicted molar refractivity (Wildman–Crippen MR) is 78.8 cm³/mol. The molecule has 2 rings (SSSR count). The van der Waals surface area contributed by atoms with Gasteiger partial charge >= 0.3 is 5.97 Å². The summed E-state index contributed by atoms with van der Waals surface area (Å²) in [5, 5.41) is 2.67. The molecule has 8 heteroatoms. The van der Waals surface area contributed by atoms with Gasteiger partial charge in [0.1, 0.15) is 0 Å². The molecule has 1 amide bonds. The molecular weight excluding hydrogens is 308 g/mol. The number of hydrogen-bond donors (Lipinski definition) is 2. The molecule has 1 aromatic rings. The van der Waals surface area contributed by atoms with Crippen molar-refractivity contribution < 1.29 is 22.7 Å². The van der Waals surface area contributed by atoms with Crippen molar-refractivity contribution in [2.24, 2.45) is 0 Å². The summed E-state index contributed by atoms with van der Waals surface area (Å²) in [6, 6.07) is 5.50. The number of esters is 1. The van der Waals surface area contributed by atoms with Crippen molar-refractivity contribution in [2.45, 2.75) is 30.3 Å². The number of nitrogens with one attached hydrogen (secondary N) is 2. The predicted octanol–water partition coefficient (Wildman–Crippen LogP) is 0.420. The summed E-state index contributed by atoms with van der Waals surface area (Å²) in [6.07, 6.45) is 1.26. The Bertz CT molecular complexity index is 672. The Hall–Kier alpha value is -1.93. The fourth-order valence-electron chi connectivity index (χ4n) is 2.13. The minimum atomic E-state index is -3.64. The number of amides is 1. The molecule has 1 aliphatic rings. The molecule has 1 unspecified atom stereocenters. The standard InChI is InChI=1S/C14H18N2O5S/c1-15-22(19,20)11-6-4-5-10(9-11)14(18)21-12-7-2-3-8-16-13(12)17/h4-6,9,12,15H,2-3,7-8H2,1H3,(H,16,17). The lowest BCUT2D eigenvalue weighted by Crippen LogP contribution is -2.36. The molecule has 0 bridgehead atoms. The molecule has 1 aliphatic heterocycles. The van der Waals surface area contributed by atoms with Crippen molar-refractivity contribution in [3.05, 3.63) is 29.8 Å². The van der Waals surface area contributed by atoms with Crippen molar-refractivity contribution in [1.82, 2.24) is 10.0 Å². The molecule has 0 saturated carbocycles. The second-order valence-electron chi connectivity index (χ2n) is 4.92. The molecule has 2 N–H and O–H groups in total. The van der Waals surface area contributed by atoms with Crippen LogP contribution < -0.4 is 10.0 Å². The number of ether oxygens (including phenoxy) is 1. The van der Waals surface area contributed by atoms with Gasteiger partial charge in [-0.15, -0.1) is 0 Å². The smallest absolute Gasteiger partial charge is 0.338 e. The topological polar surface area (TPSA) is 102 Å². The largest absolute Gasteiger partial charge is 0.449 e. The van der Waals surface area contributed by atoms with Gasteiger partial charge in [-0.05, 0) is 44.5 Å². The molecule has 0 radical (unpaired) electrons. The van der Waals surface area contributed by atoms with Gasteiger partial charge in [0.05, 0.1) is 10.5 Å². The van der Waals surface area contributed by atoms with Crippen LogP contribution in [0.15, 0.2) is 29.2 Å². The normalized spacial score (nSPS) is 19.1. The molecule has 1 atom stereocenters. The molecule has 22 heavy (non-hydrogen) atoms. The van der Waals surface area contributed by atoms with Gasteiger partial charge < -0.3 is 10.1 Å². The van der Waals surface area contributed by atoms with Gasteiger partial charge in [0.15, 0.2) is 6.10 Å². The van der Waals surface area contributed by atoms with Crippen LogP contribution in [0.25, 0.3) is 0 Å². The Morgan fingerprint density at radius 3 is 2.86 bits per heavy atom. The van der Waals surface area contributed by atoms with Gasteiger partial charge in [0.25, 0.3) is 5.91 Å². The van der Waals surface area contributed by atoms with Crippen LogP contribution in [-0.2, 0) is 19.6 Å². The highest BCUT2D eigenvalue weighted by Crippen LogP contribution is 2.15. The monoisotopic (exact) mass is 326 g/mol. The van der Waals surface area contributed by atoms with Crippen LogP contribution in [-0.4, -0.2) is 40.0 Å². The minimum absolute atomic E-state index is 0.0326. The molecule has 1 saturated heterocycles. The van der Waals surface area contributed by atoms with Crippen LogP contribution in [0.4, 0.5) is 0 Å². The highest BCUT2D eigenvalue weighted by molar-refractivity contribution is 7.89.